The maximum absolute atomic E-state index is 12.4. The Bertz CT molecular complexity index is 655. The summed E-state index contributed by atoms with van der Waals surface area (Å²) in [5, 5.41) is -0.456. The number of nitrogens with zero attached hydrogens (tertiary/aromatic N) is 1. The Morgan fingerprint density at radius 2 is 2.00 bits per heavy atom. The molecule has 0 aliphatic carbocycles. The number of amides is 2. The first kappa shape index (κ1) is 17.6. The minimum Gasteiger partial charge on any atom is -0.464 e. The van der Waals surface area contributed by atoms with E-state index >= 15 is 0 Å². The van der Waals surface area contributed by atoms with Crippen LogP contribution in [0, 0.1) is 0 Å². The average Bonchev–Trinajstić information content (AvgIpc) is 2.81. The number of imide groups is 1. The molecular weight excluding hydrogens is 334 g/mol. The molecule has 1 fully saturated rings. The third-order valence-electron chi connectivity index (χ3n) is 3.25. The summed E-state index contributed by atoms with van der Waals surface area (Å²) in [6.07, 6.45) is 3.64. The molecule has 1 unspecified atom stereocenters. The Balaban J connectivity index is 2.19. The summed E-state index contributed by atoms with van der Waals surface area (Å²) in [5.74, 6) is -1.05. The van der Waals surface area contributed by atoms with Crippen LogP contribution in [0.4, 0.5) is 4.79 Å². The van der Waals surface area contributed by atoms with Crippen LogP contribution in [0.2, 0.25) is 0 Å². The first-order chi connectivity index (χ1) is 11.0. The predicted octanol–water partition coefficient (Wildman–Crippen LogP) is 3.40. The highest BCUT2D eigenvalue weighted by atomic mass is 32.2. The molecule has 2 rings (SSSR count). The van der Waals surface area contributed by atoms with E-state index in [1.165, 1.54) is 6.92 Å². The van der Waals surface area contributed by atoms with E-state index in [-0.39, 0.29) is 6.61 Å². The minimum atomic E-state index is -0.924. The highest BCUT2D eigenvalue weighted by molar-refractivity contribution is 8.18. The number of hydrogen-bond donors (Lipinski definition) is 0. The third-order valence-corrected chi connectivity index (χ3v) is 4.88. The van der Waals surface area contributed by atoms with Gasteiger partial charge in [0.25, 0.3) is 11.1 Å². The van der Waals surface area contributed by atoms with Crippen LogP contribution in [-0.2, 0) is 14.3 Å². The van der Waals surface area contributed by atoms with Crippen LogP contribution in [0.5, 0.6) is 0 Å². The second-order valence-corrected chi connectivity index (χ2v) is 6.63. The van der Waals surface area contributed by atoms with E-state index in [0.29, 0.717) is 4.91 Å². The summed E-state index contributed by atoms with van der Waals surface area (Å²) in [7, 11) is 0. The fraction of sp³-hybridized carbons (Fsp3) is 0.312. The van der Waals surface area contributed by atoms with Gasteiger partial charge in [-0.2, -0.15) is 0 Å². The molecule has 1 aliphatic rings. The van der Waals surface area contributed by atoms with E-state index in [1.54, 1.807) is 24.8 Å². The lowest BCUT2D eigenvalue weighted by Gasteiger charge is -2.19. The zero-order chi connectivity index (χ0) is 17.0. The van der Waals surface area contributed by atoms with Crippen molar-refractivity contribution in [3.8, 4) is 0 Å². The summed E-state index contributed by atoms with van der Waals surface area (Å²) in [4.78, 5) is 38.6. The van der Waals surface area contributed by atoms with E-state index < -0.39 is 23.2 Å². The first-order valence-corrected chi connectivity index (χ1v) is 9.09. The number of rotatable bonds is 5. The van der Waals surface area contributed by atoms with Gasteiger partial charge in [-0.25, -0.2) is 4.79 Å². The smallest absolute Gasteiger partial charge is 0.329 e. The number of ether oxygens (including phenoxy) is 1. The highest BCUT2D eigenvalue weighted by Crippen LogP contribution is 2.34. The lowest BCUT2D eigenvalue weighted by molar-refractivity contribution is -0.150. The molecule has 1 aromatic rings. The second kappa shape index (κ2) is 7.70. The molecule has 122 valence electrons. The monoisotopic (exact) mass is 351 g/mol. The molecule has 0 saturated carbocycles. The molecule has 23 heavy (non-hydrogen) atoms. The van der Waals surface area contributed by atoms with Crippen molar-refractivity contribution < 1.29 is 19.1 Å². The summed E-state index contributed by atoms with van der Waals surface area (Å²) >= 11 is 2.46. The molecule has 0 spiro atoms. The van der Waals surface area contributed by atoms with Crippen molar-refractivity contribution >= 4 is 46.7 Å². The first-order valence-electron chi connectivity index (χ1n) is 7.05. The Morgan fingerprint density at radius 1 is 1.35 bits per heavy atom. The van der Waals surface area contributed by atoms with Crippen molar-refractivity contribution in [2.24, 2.45) is 0 Å². The molecule has 2 amide bonds. The van der Waals surface area contributed by atoms with Crippen LogP contribution in [-0.4, -0.2) is 40.9 Å². The number of carbonyl (C=O) groups is 3. The molecular formula is C16H17NO4S2. The molecule has 1 aromatic carbocycles. The average molecular weight is 351 g/mol. The lowest BCUT2D eigenvalue weighted by Crippen LogP contribution is -2.42. The summed E-state index contributed by atoms with van der Waals surface area (Å²) < 4.78 is 4.88. The molecule has 1 aliphatic heterocycles. The normalized spacial score (nSPS) is 17.7. The molecule has 5 nitrogen and oxygen atoms in total. The van der Waals surface area contributed by atoms with Crippen molar-refractivity contribution in [3.63, 3.8) is 0 Å². The summed E-state index contributed by atoms with van der Waals surface area (Å²) in [5.41, 5.74) is 0.831. The quantitative estimate of drug-likeness (QED) is 0.460. The number of esters is 1. The van der Waals surface area contributed by atoms with Crippen molar-refractivity contribution in [1.29, 1.82) is 0 Å². The van der Waals surface area contributed by atoms with Gasteiger partial charge in [-0.3, -0.25) is 14.5 Å². The van der Waals surface area contributed by atoms with Gasteiger partial charge >= 0.3 is 5.97 Å². The van der Waals surface area contributed by atoms with Crippen molar-refractivity contribution in [1.82, 2.24) is 4.90 Å². The van der Waals surface area contributed by atoms with Gasteiger partial charge in [0.05, 0.1) is 11.5 Å². The molecule has 0 N–H and O–H groups in total. The van der Waals surface area contributed by atoms with E-state index in [4.69, 9.17) is 4.74 Å². The van der Waals surface area contributed by atoms with Crippen LogP contribution in [0.1, 0.15) is 19.4 Å². The van der Waals surface area contributed by atoms with Gasteiger partial charge in [-0.05, 0) is 55.6 Å². The number of benzene rings is 1. The van der Waals surface area contributed by atoms with Crippen LogP contribution in [0.15, 0.2) is 34.1 Å². The molecule has 1 saturated heterocycles. The maximum Gasteiger partial charge on any atom is 0.329 e. The van der Waals surface area contributed by atoms with Crippen LogP contribution >= 0.6 is 23.5 Å². The van der Waals surface area contributed by atoms with Crippen LogP contribution in [0.25, 0.3) is 6.08 Å². The zero-order valence-electron chi connectivity index (χ0n) is 13.1. The molecule has 0 radical (unpaired) electrons. The highest BCUT2D eigenvalue weighted by Gasteiger charge is 2.41. The fourth-order valence-electron chi connectivity index (χ4n) is 2.03. The van der Waals surface area contributed by atoms with Crippen molar-refractivity contribution in [2.45, 2.75) is 24.8 Å². The van der Waals surface area contributed by atoms with E-state index in [0.717, 1.165) is 27.1 Å². The molecule has 0 aromatic heterocycles. The van der Waals surface area contributed by atoms with Gasteiger partial charge < -0.3 is 4.74 Å². The van der Waals surface area contributed by atoms with Gasteiger partial charge in [0, 0.05) is 4.90 Å². The number of carbonyl (C=O) groups excluding carboxylic acids is 3. The Morgan fingerprint density at radius 3 is 2.57 bits per heavy atom. The zero-order valence-corrected chi connectivity index (χ0v) is 14.7. The topological polar surface area (TPSA) is 63.7 Å². The minimum absolute atomic E-state index is 0.205. The van der Waals surface area contributed by atoms with Gasteiger partial charge in [-0.1, -0.05) is 12.1 Å². The predicted molar refractivity (Wildman–Crippen MR) is 92.1 cm³/mol. The van der Waals surface area contributed by atoms with Crippen molar-refractivity contribution in [3.05, 3.63) is 34.7 Å². The van der Waals surface area contributed by atoms with E-state index in [9.17, 15) is 14.4 Å². The molecule has 1 atom stereocenters. The fourth-order valence-corrected chi connectivity index (χ4v) is 3.35. The van der Waals surface area contributed by atoms with Gasteiger partial charge in [0.15, 0.2) is 0 Å². The van der Waals surface area contributed by atoms with E-state index in [1.807, 2.05) is 30.5 Å². The maximum atomic E-state index is 12.4. The standard InChI is InChI=1S/C16H17NO4S2/c1-4-21-15(19)10(2)17-14(18)13(23-16(17)20)9-11-5-7-12(22-3)8-6-11/h5-10H,4H2,1-3H3/b13-9+. The third kappa shape index (κ3) is 3.97. The Hall–Kier alpha value is -1.73. The van der Waals surface area contributed by atoms with Crippen LogP contribution < -0.4 is 0 Å². The van der Waals surface area contributed by atoms with Gasteiger partial charge in [-0.15, -0.1) is 11.8 Å². The Labute approximate surface area is 143 Å². The van der Waals surface area contributed by atoms with E-state index in [2.05, 4.69) is 0 Å². The summed E-state index contributed by atoms with van der Waals surface area (Å²) in [6.45, 7) is 3.37. The summed E-state index contributed by atoms with van der Waals surface area (Å²) in [6, 6.07) is 6.74. The number of thioether (sulfide) groups is 2. The van der Waals surface area contributed by atoms with Crippen molar-refractivity contribution in [2.75, 3.05) is 12.9 Å². The lowest BCUT2D eigenvalue weighted by atomic mass is 10.2. The number of hydrogen-bond acceptors (Lipinski definition) is 6. The molecule has 1 heterocycles. The van der Waals surface area contributed by atoms with Gasteiger partial charge in [0.2, 0.25) is 0 Å². The van der Waals surface area contributed by atoms with Gasteiger partial charge in [0.1, 0.15) is 6.04 Å². The largest absolute Gasteiger partial charge is 0.464 e. The molecule has 0 bridgehead atoms. The second-order valence-electron chi connectivity index (χ2n) is 4.75. The SMILES string of the molecule is CCOC(=O)C(C)N1C(=O)S/C(=C/c2ccc(SC)cc2)C1=O. The molecule has 7 heteroatoms. The van der Waals surface area contributed by atoms with Crippen LogP contribution in [0.3, 0.4) is 0 Å². The Kier molecular flexibility index (Phi) is 5.90.